The summed E-state index contributed by atoms with van der Waals surface area (Å²) in [7, 11) is 0. The van der Waals surface area contributed by atoms with Crippen LogP contribution in [-0.4, -0.2) is 16.1 Å². The van der Waals surface area contributed by atoms with Crippen LogP contribution in [-0.2, 0) is 6.54 Å². The Morgan fingerprint density at radius 1 is 1.20 bits per heavy atom. The zero-order chi connectivity index (χ0) is 13.9. The van der Waals surface area contributed by atoms with Gasteiger partial charge in [-0.3, -0.25) is 9.89 Å². The Morgan fingerprint density at radius 2 is 2.05 bits per heavy atom. The van der Waals surface area contributed by atoms with Gasteiger partial charge in [-0.25, -0.2) is 0 Å². The van der Waals surface area contributed by atoms with Crippen molar-refractivity contribution in [3.63, 3.8) is 0 Å². The van der Waals surface area contributed by atoms with Crippen LogP contribution in [0.3, 0.4) is 0 Å². The summed E-state index contributed by atoms with van der Waals surface area (Å²) in [5.41, 5.74) is 3.57. The van der Waals surface area contributed by atoms with Crippen molar-refractivity contribution in [1.82, 2.24) is 15.5 Å². The summed E-state index contributed by atoms with van der Waals surface area (Å²) < 4.78 is 0. The van der Waals surface area contributed by atoms with Crippen LogP contribution in [0.15, 0.2) is 48.5 Å². The van der Waals surface area contributed by atoms with E-state index in [4.69, 9.17) is 0 Å². The summed E-state index contributed by atoms with van der Waals surface area (Å²) >= 11 is 0. The predicted octanol–water partition coefficient (Wildman–Crippen LogP) is 2.80. The lowest BCUT2D eigenvalue weighted by atomic mass is 10.1. The molecule has 1 aromatic heterocycles. The Morgan fingerprint density at radius 3 is 2.90 bits per heavy atom. The Balaban J connectivity index is 1.76. The largest absolute Gasteiger partial charge is 0.347 e. The maximum atomic E-state index is 12.2. The Bertz CT molecular complexity index is 761. The first-order chi connectivity index (χ1) is 9.74. The highest BCUT2D eigenvalue weighted by Gasteiger charge is 2.13. The third-order valence-electron chi connectivity index (χ3n) is 3.22. The third kappa shape index (κ3) is 2.40. The van der Waals surface area contributed by atoms with Gasteiger partial charge in [0.2, 0.25) is 0 Å². The van der Waals surface area contributed by atoms with Crippen molar-refractivity contribution in [3.05, 3.63) is 65.4 Å². The van der Waals surface area contributed by atoms with Crippen LogP contribution in [0, 0.1) is 6.92 Å². The van der Waals surface area contributed by atoms with Crippen molar-refractivity contribution < 1.29 is 4.79 Å². The van der Waals surface area contributed by atoms with Crippen molar-refractivity contribution in [2.24, 2.45) is 0 Å². The number of nitrogens with one attached hydrogen (secondary N) is 2. The molecule has 1 amide bonds. The Hall–Kier alpha value is -2.62. The van der Waals surface area contributed by atoms with Gasteiger partial charge in [-0.2, -0.15) is 5.10 Å². The van der Waals surface area contributed by atoms with Crippen LogP contribution in [0.4, 0.5) is 0 Å². The summed E-state index contributed by atoms with van der Waals surface area (Å²) in [5, 5.41) is 10.7. The van der Waals surface area contributed by atoms with Gasteiger partial charge in [0.25, 0.3) is 5.91 Å². The van der Waals surface area contributed by atoms with Crippen molar-refractivity contribution in [2.45, 2.75) is 13.5 Å². The number of aryl methyl sites for hydroxylation is 1. The number of H-pyrrole nitrogens is 1. The Kier molecular flexibility index (Phi) is 3.21. The zero-order valence-electron chi connectivity index (χ0n) is 11.2. The standard InChI is InChI=1S/C16H15N3O/c1-11-5-4-6-12(9-11)10-17-16(20)15-13-7-2-3-8-14(13)18-19-15/h2-9H,10H2,1H3,(H,17,20)(H,18,19). The highest BCUT2D eigenvalue weighted by molar-refractivity contribution is 6.04. The smallest absolute Gasteiger partial charge is 0.272 e. The summed E-state index contributed by atoms with van der Waals surface area (Å²) in [6.45, 7) is 2.54. The summed E-state index contributed by atoms with van der Waals surface area (Å²) in [6.07, 6.45) is 0. The van der Waals surface area contributed by atoms with Crippen LogP contribution in [0.2, 0.25) is 0 Å². The van der Waals surface area contributed by atoms with E-state index in [9.17, 15) is 4.79 Å². The van der Waals surface area contributed by atoms with Crippen LogP contribution < -0.4 is 5.32 Å². The van der Waals surface area contributed by atoms with Crippen LogP contribution in [0.25, 0.3) is 10.9 Å². The van der Waals surface area contributed by atoms with Gasteiger partial charge in [0.05, 0.1) is 5.52 Å². The summed E-state index contributed by atoms with van der Waals surface area (Å²) in [4.78, 5) is 12.2. The minimum Gasteiger partial charge on any atom is -0.347 e. The molecule has 0 radical (unpaired) electrons. The zero-order valence-corrected chi connectivity index (χ0v) is 11.2. The van der Waals surface area contributed by atoms with Gasteiger partial charge < -0.3 is 5.32 Å². The second-order valence-corrected chi connectivity index (χ2v) is 4.79. The monoisotopic (exact) mass is 265 g/mol. The lowest BCUT2D eigenvalue weighted by molar-refractivity contribution is 0.0947. The number of carbonyl (C=O) groups is 1. The molecule has 0 bridgehead atoms. The first-order valence-corrected chi connectivity index (χ1v) is 6.51. The van der Waals surface area contributed by atoms with Crippen molar-refractivity contribution >= 4 is 16.8 Å². The number of carbonyl (C=O) groups excluding carboxylic acids is 1. The van der Waals surface area contributed by atoms with Gasteiger partial charge in [0, 0.05) is 11.9 Å². The van der Waals surface area contributed by atoms with E-state index in [1.54, 1.807) is 0 Å². The molecule has 0 fully saturated rings. The molecule has 0 spiro atoms. The molecule has 3 aromatic rings. The first-order valence-electron chi connectivity index (χ1n) is 6.51. The highest BCUT2D eigenvalue weighted by atomic mass is 16.1. The number of benzene rings is 2. The molecular formula is C16H15N3O. The van der Waals surface area contributed by atoms with E-state index in [-0.39, 0.29) is 5.91 Å². The number of fused-ring (bicyclic) bond motifs is 1. The maximum Gasteiger partial charge on any atom is 0.272 e. The van der Waals surface area contributed by atoms with Crippen molar-refractivity contribution in [1.29, 1.82) is 0 Å². The lowest BCUT2D eigenvalue weighted by Gasteiger charge is -2.04. The fourth-order valence-electron chi connectivity index (χ4n) is 2.22. The minimum absolute atomic E-state index is 0.163. The van der Waals surface area contributed by atoms with E-state index < -0.39 is 0 Å². The van der Waals surface area contributed by atoms with E-state index in [0.717, 1.165) is 16.5 Å². The summed E-state index contributed by atoms with van der Waals surface area (Å²) in [6, 6.07) is 15.7. The quantitative estimate of drug-likeness (QED) is 0.765. The lowest BCUT2D eigenvalue weighted by Crippen LogP contribution is -2.23. The number of hydrogen-bond donors (Lipinski definition) is 2. The number of amides is 1. The number of nitrogens with zero attached hydrogens (tertiary/aromatic N) is 1. The maximum absolute atomic E-state index is 12.2. The topological polar surface area (TPSA) is 57.8 Å². The molecule has 0 saturated carbocycles. The fraction of sp³-hybridized carbons (Fsp3) is 0.125. The minimum atomic E-state index is -0.163. The number of rotatable bonds is 3. The van der Waals surface area contributed by atoms with Gasteiger partial charge in [0.15, 0.2) is 5.69 Å². The van der Waals surface area contributed by atoms with E-state index in [2.05, 4.69) is 21.6 Å². The second kappa shape index (κ2) is 5.17. The fourth-order valence-corrected chi connectivity index (χ4v) is 2.22. The molecule has 4 nitrogen and oxygen atoms in total. The molecule has 0 unspecified atom stereocenters. The molecule has 20 heavy (non-hydrogen) atoms. The van der Waals surface area contributed by atoms with Crippen LogP contribution in [0.1, 0.15) is 21.6 Å². The van der Waals surface area contributed by atoms with Crippen LogP contribution in [0.5, 0.6) is 0 Å². The van der Waals surface area contributed by atoms with Gasteiger partial charge in [-0.05, 0) is 18.6 Å². The van der Waals surface area contributed by atoms with Gasteiger partial charge >= 0.3 is 0 Å². The first kappa shape index (κ1) is 12.4. The molecule has 2 aromatic carbocycles. The average Bonchev–Trinajstić information content (AvgIpc) is 2.89. The van der Waals surface area contributed by atoms with Crippen molar-refractivity contribution in [2.75, 3.05) is 0 Å². The van der Waals surface area contributed by atoms with Gasteiger partial charge in [0.1, 0.15) is 0 Å². The molecule has 0 saturated heterocycles. The second-order valence-electron chi connectivity index (χ2n) is 4.79. The molecule has 1 heterocycles. The molecule has 0 atom stereocenters. The average molecular weight is 265 g/mol. The molecular weight excluding hydrogens is 250 g/mol. The van der Waals surface area contributed by atoms with Crippen molar-refractivity contribution in [3.8, 4) is 0 Å². The number of aromatic nitrogens is 2. The van der Waals surface area contributed by atoms with E-state index in [0.29, 0.717) is 12.2 Å². The molecule has 0 aliphatic heterocycles. The molecule has 0 aliphatic carbocycles. The molecule has 4 heteroatoms. The molecule has 2 N–H and O–H groups in total. The molecule has 0 aliphatic rings. The SMILES string of the molecule is Cc1cccc(CNC(=O)c2n[nH]c3ccccc23)c1. The Labute approximate surface area is 116 Å². The normalized spacial score (nSPS) is 10.7. The number of aromatic amines is 1. The number of hydrogen-bond acceptors (Lipinski definition) is 2. The third-order valence-corrected chi connectivity index (χ3v) is 3.22. The van der Waals surface area contributed by atoms with Gasteiger partial charge in [-0.15, -0.1) is 0 Å². The van der Waals surface area contributed by atoms with Crippen LogP contribution >= 0.6 is 0 Å². The summed E-state index contributed by atoms with van der Waals surface area (Å²) in [5.74, 6) is -0.163. The van der Waals surface area contributed by atoms with E-state index in [1.807, 2.05) is 49.4 Å². The van der Waals surface area contributed by atoms with E-state index >= 15 is 0 Å². The highest BCUT2D eigenvalue weighted by Crippen LogP contribution is 2.15. The molecule has 3 rings (SSSR count). The van der Waals surface area contributed by atoms with Gasteiger partial charge in [-0.1, -0.05) is 48.0 Å². The van der Waals surface area contributed by atoms with E-state index in [1.165, 1.54) is 5.56 Å². The predicted molar refractivity (Wildman–Crippen MR) is 78.4 cm³/mol. The number of para-hydroxylation sites is 1. The molecule has 100 valence electrons.